The first-order chi connectivity index (χ1) is 11.6. The molecule has 5 nitrogen and oxygen atoms in total. The van der Waals surface area contributed by atoms with Crippen LogP contribution in [-0.4, -0.2) is 59.8 Å². The van der Waals surface area contributed by atoms with Crippen molar-refractivity contribution in [2.45, 2.75) is 43.9 Å². The first kappa shape index (κ1) is 17.2. The standard InChI is InChI=1S/C18H25FN2O3/c1-24-16-8-10-20(11-9-16)18(23)21(15-6-7-15)12-17(22)13-2-4-14(19)5-3-13/h2-5,15-17,22H,6-12H2,1H3/t17-/m0/s1. The zero-order valence-electron chi connectivity index (χ0n) is 14.0. The van der Waals surface area contributed by atoms with Crippen molar-refractivity contribution in [1.29, 1.82) is 0 Å². The highest BCUT2D eigenvalue weighted by Gasteiger charge is 2.37. The first-order valence-electron chi connectivity index (χ1n) is 8.60. The van der Waals surface area contributed by atoms with Crippen molar-refractivity contribution < 1.29 is 19.0 Å². The van der Waals surface area contributed by atoms with E-state index in [4.69, 9.17) is 4.74 Å². The summed E-state index contributed by atoms with van der Waals surface area (Å²) in [4.78, 5) is 16.5. The molecule has 3 rings (SSSR count). The molecule has 1 N–H and O–H groups in total. The number of carbonyl (C=O) groups excluding carboxylic acids is 1. The van der Waals surface area contributed by atoms with Crippen LogP contribution in [0.5, 0.6) is 0 Å². The molecule has 2 aliphatic rings. The van der Waals surface area contributed by atoms with Crippen LogP contribution < -0.4 is 0 Å². The fourth-order valence-corrected chi connectivity index (χ4v) is 3.21. The van der Waals surface area contributed by atoms with Gasteiger partial charge in [0.15, 0.2) is 0 Å². The Hall–Kier alpha value is -1.66. The molecule has 1 aromatic carbocycles. The number of methoxy groups -OCH3 is 1. The fraction of sp³-hybridized carbons (Fsp3) is 0.611. The zero-order valence-corrected chi connectivity index (χ0v) is 14.0. The summed E-state index contributed by atoms with van der Waals surface area (Å²) in [5.41, 5.74) is 0.632. The molecule has 0 radical (unpaired) electrons. The van der Waals surface area contributed by atoms with Crippen LogP contribution in [-0.2, 0) is 4.74 Å². The van der Waals surface area contributed by atoms with Gasteiger partial charge in [0, 0.05) is 26.2 Å². The van der Waals surface area contributed by atoms with Crippen molar-refractivity contribution in [3.63, 3.8) is 0 Å². The number of halogens is 1. The van der Waals surface area contributed by atoms with Crippen LogP contribution in [0, 0.1) is 5.82 Å². The number of likely N-dealkylation sites (tertiary alicyclic amines) is 1. The number of carbonyl (C=O) groups is 1. The van der Waals surface area contributed by atoms with Gasteiger partial charge >= 0.3 is 6.03 Å². The van der Waals surface area contributed by atoms with Gasteiger partial charge in [-0.3, -0.25) is 0 Å². The Kier molecular flexibility index (Phi) is 5.36. The van der Waals surface area contributed by atoms with Gasteiger partial charge in [-0.15, -0.1) is 0 Å². The summed E-state index contributed by atoms with van der Waals surface area (Å²) in [5.74, 6) is -0.331. The van der Waals surface area contributed by atoms with Gasteiger partial charge in [0.25, 0.3) is 0 Å². The maximum absolute atomic E-state index is 13.0. The predicted molar refractivity (Wildman–Crippen MR) is 88.1 cm³/mol. The number of urea groups is 1. The summed E-state index contributed by atoms with van der Waals surface area (Å²) >= 11 is 0. The van der Waals surface area contributed by atoms with Gasteiger partial charge in [-0.25, -0.2) is 9.18 Å². The zero-order chi connectivity index (χ0) is 17.1. The molecule has 1 aliphatic carbocycles. The molecule has 0 aromatic heterocycles. The van der Waals surface area contributed by atoms with E-state index in [-0.39, 0.29) is 30.5 Å². The molecule has 132 valence electrons. The lowest BCUT2D eigenvalue weighted by Crippen LogP contribution is -2.49. The van der Waals surface area contributed by atoms with Gasteiger partial charge in [0.2, 0.25) is 0 Å². The SMILES string of the molecule is COC1CCN(C(=O)N(C[C@H](O)c2ccc(F)cc2)C2CC2)CC1. The van der Waals surface area contributed by atoms with Gasteiger partial charge in [-0.2, -0.15) is 0 Å². The number of aliphatic hydroxyl groups is 1. The highest BCUT2D eigenvalue weighted by molar-refractivity contribution is 5.75. The maximum atomic E-state index is 13.0. The number of hydrogen-bond acceptors (Lipinski definition) is 3. The molecule has 1 aromatic rings. The Morgan fingerprint density at radius 3 is 2.46 bits per heavy atom. The first-order valence-corrected chi connectivity index (χ1v) is 8.60. The number of benzene rings is 1. The summed E-state index contributed by atoms with van der Waals surface area (Å²) in [5, 5.41) is 10.4. The van der Waals surface area contributed by atoms with Crippen molar-refractivity contribution in [3.05, 3.63) is 35.6 Å². The lowest BCUT2D eigenvalue weighted by molar-refractivity contribution is 0.0397. The van der Waals surface area contributed by atoms with E-state index in [9.17, 15) is 14.3 Å². The average Bonchev–Trinajstić information content (AvgIpc) is 3.44. The minimum absolute atomic E-state index is 0.00628. The smallest absolute Gasteiger partial charge is 0.320 e. The molecule has 2 amide bonds. The highest BCUT2D eigenvalue weighted by Crippen LogP contribution is 2.30. The van der Waals surface area contributed by atoms with Crippen LogP contribution in [0.25, 0.3) is 0 Å². The van der Waals surface area contributed by atoms with Crippen LogP contribution in [0.1, 0.15) is 37.4 Å². The van der Waals surface area contributed by atoms with Crippen LogP contribution >= 0.6 is 0 Å². The lowest BCUT2D eigenvalue weighted by Gasteiger charge is -2.36. The molecule has 1 atom stereocenters. The Labute approximate surface area is 142 Å². The van der Waals surface area contributed by atoms with E-state index in [1.807, 2.05) is 4.90 Å². The highest BCUT2D eigenvalue weighted by atomic mass is 19.1. The predicted octanol–water partition coefficient (Wildman–Crippen LogP) is 2.55. The van der Waals surface area contributed by atoms with E-state index in [2.05, 4.69) is 0 Å². The van der Waals surface area contributed by atoms with Gasteiger partial charge in [-0.05, 0) is 43.4 Å². The number of rotatable bonds is 5. The summed E-state index contributed by atoms with van der Waals surface area (Å²) in [6, 6.07) is 6.01. The monoisotopic (exact) mass is 336 g/mol. The van der Waals surface area contributed by atoms with E-state index in [0.29, 0.717) is 18.7 Å². The minimum Gasteiger partial charge on any atom is -0.387 e. The lowest BCUT2D eigenvalue weighted by atomic mass is 10.1. The molecule has 1 heterocycles. The van der Waals surface area contributed by atoms with E-state index in [0.717, 1.165) is 25.7 Å². The molecule has 24 heavy (non-hydrogen) atoms. The minimum atomic E-state index is -0.799. The summed E-state index contributed by atoms with van der Waals surface area (Å²) in [6.07, 6.45) is 3.09. The number of ether oxygens (including phenoxy) is 1. The Morgan fingerprint density at radius 2 is 1.92 bits per heavy atom. The molecule has 1 saturated heterocycles. The normalized spacial score (nSPS) is 20.0. The second kappa shape index (κ2) is 7.49. The van der Waals surface area contributed by atoms with Crippen LogP contribution in [0.15, 0.2) is 24.3 Å². The average molecular weight is 336 g/mol. The van der Waals surface area contributed by atoms with E-state index < -0.39 is 6.10 Å². The Balaban J connectivity index is 1.62. The fourth-order valence-electron chi connectivity index (χ4n) is 3.21. The third kappa shape index (κ3) is 4.05. The largest absolute Gasteiger partial charge is 0.387 e. The topological polar surface area (TPSA) is 53.0 Å². The van der Waals surface area contributed by atoms with Crippen LogP contribution in [0.2, 0.25) is 0 Å². The van der Waals surface area contributed by atoms with Gasteiger partial charge in [0.05, 0.1) is 18.8 Å². The summed E-state index contributed by atoms with van der Waals surface area (Å²) < 4.78 is 18.4. The van der Waals surface area contributed by atoms with E-state index in [1.165, 1.54) is 12.1 Å². The molecule has 1 saturated carbocycles. The molecular formula is C18H25FN2O3. The van der Waals surface area contributed by atoms with Crippen molar-refractivity contribution >= 4 is 6.03 Å². The van der Waals surface area contributed by atoms with Gasteiger partial charge < -0.3 is 19.6 Å². The summed E-state index contributed by atoms with van der Waals surface area (Å²) in [7, 11) is 1.71. The van der Waals surface area contributed by atoms with Crippen molar-refractivity contribution in [2.75, 3.05) is 26.7 Å². The number of aliphatic hydroxyl groups excluding tert-OH is 1. The third-order valence-electron chi connectivity index (χ3n) is 4.90. The number of hydrogen-bond donors (Lipinski definition) is 1. The van der Waals surface area contributed by atoms with Crippen LogP contribution in [0.3, 0.4) is 0 Å². The molecule has 0 bridgehead atoms. The molecule has 1 aliphatic heterocycles. The van der Waals surface area contributed by atoms with Gasteiger partial charge in [-0.1, -0.05) is 12.1 Å². The molecule has 6 heteroatoms. The van der Waals surface area contributed by atoms with Crippen molar-refractivity contribution in [2.24, 2.45) is 0 Å². The number of amides is 2. The molecule has 0 spiro atoms. The molecule has 2 fully saturated rings. The van der Waals surface area contributed by atoms with Gasteiger partial charge in [0.1, 0.15) is 5.82 Å². The second-order valence-corrected chi connectivity index (χ2v) is 6.66. The number of piperidine rings is 1. The third-order valence-corrected chi connectivity index (χ3v) is 4.90. The maximum Gasteiger partial charge on any atom is 0.320 e. The number of nitrogens with zero attached hydrogens (tertiary/aromatic N) is 2. The van der Waals surface area contributed by atoms with E-state index >= 15 is 0 Å². The second-order valence-electron chi connectivity index (χ2n) is 6.66. The molecule has 0 unspecified atom stereocenters. The van der Waals surface area contributed by atoms with E-state index in [1.54, 1.807) is 24.1 Å². The van der Waals surface area contributed by atoms with Crippen LogP contribution in [0.4, 0.5) is 9.18 Å². The van der Waals surface area contributed by atoms with Crippen molar-refractivity contribution in [1.82, 2.24) is 9.80 Å². The summed E-state index contributed by atoms with van der Waals surface area (Å²) in [6.45, 7) is 1.62. The Morgan fingerprint density at radius 1 is 1.29 bits per heavy atom. The Bertz CT molecular complexity index is 554. The van der Waals surface area contributed by atoms with Crippen molar-refractivity contribution in [3.8, 4) is 0 Å². The molecular weight excluding hydrogens is 311 g/mol. The quantitative estimate of drug-likeness (QED) is 0.899.